The Morgan fingerprint density at radius 3 is 2.54 bits per heavy atom. The van der Waals surface area contributed by atoms with E-state index >= 15 is 0 Å². The van der Waals surface area contributed by atoms with Gasteiger partial charge in [-0.2, -0.15) is 0 Å². The van der Waals surface area contributed by atoms with Crippen LogP contribution in [0, 0.1) is 5.92 Å². The molecule has 4 amide bonds. The van der Waals surface area contributed by atoms with Gasteiger partial charge in [0.1, 0.15) is 0 Å². The Balaban J connectivity index is 1.78. The zero-order chi connectivity index (χ0) is 18.5. The summed E-state index contributed by atoms with van der Waals surface area (Å²) in [7, 11) is 0. The van der Waals surface area contributed by atoms with Crippen LogP contribution in [0.4, 0.5) is 4.79 Å². The predicted molar refractivity (Wildman–Crippen MR) is 95.1 cm³/mol. The zero-order valence-electron chi connectivity index (χ0n) is 14.3. The van der Waals surface area contributed by atoms with E-state index in [4.69, 9.17) is 0 Å². The molecule has 2 aromatic rings. The fraction of sp³-hybridized carbons (Fsp3) is 0.211. The third-order valence-electron chi connectivity index (χ3n) is 4.09. The molecule has 1 N–H and O–H groups in total. The predicted octanol–water partition coefficient (Wildman–Crippen LogP) is 1.94. The van der Waals surface area contributed by atoms with Crippen molar-refractivity contribution >= 4 is 23.6 Å². The van der Waals surface area contributed by atoms with Crippen LogP contribution in [0.5, 0.6) is 0 Å². The lowest BCUT2D eigenvalue weighted by Gasteiger charge is -2.30. The number of aliphatic imine (C=N–C) groups is 1. The summed E-state index contributed by atoms with van der Waals surface area (Å²) in [5.74, 6) is -2.31. The second-order valence-electron chi connectivity index (χ2n) is 5.96. The zero-order valence-corrected chi connectivity index (χ0v) is 14.3. The molecule has 1 fully saturated rings. The van der Waals surface area contributed by atoms with E-state index in [2.05, 4.69) is 15.3 Å². The number of carbonyl (C=O) groups is 3. The van der Waals surface area contributed by atoms with E-state index in [1.54, 1.807) is 25.4 Å². The minimum absolute atomic E-state index is 0.102. The summed E-state index contributed by atoms with van der Waals surface area (Å²) in [4.78, 5) is 46.4. The topological polar surface area (TPSA) is 91.7 Å². The Kier molecular flexibility index (Phi) is 5.17. The number of urea groups is 1. The van der Waals surface area contributed by atoms with Crippen molar-refractivity contribution in [2.75, 3.05) is 0 Å². The summed E-state index contributed by atoms with van der Waals surface area (Å²) in [5.41, 5.74) is 2.03. The van der Waals surface area contributed by atoms with Crippen molar-refractivity contribution in [3.05, 3.63) is 66.0 Å². The van der Waals surface area contributed by atoms with E-state index in [0.717, 1.165) is 16.0 Å². The Bertz CT molecular complexity index is 850. The van der Waals surface area contributed by atoms with Crippen LogP contribution < -0.4 is 5.32 Å². The molecular formula is C19H18N4O3. The van der Waals surface area contributed by atoms with Crippen LogP contribution in [0.1, 0.15) is 18.1 Å². The lowest BCUT2D eigenvalue weighted by Crippen LogP contribution is -2.59. The Morgan fingerprint density at radius 2 is 1.85 bits per heavy atom. The number of rotatable bonds is 5. The van der Waals surface area contributed by atoms with E-state index in [9.17, 15) is 14.4 Å². The normalized spacial score (nSPS) is 18.0. The van der Waals surface area contributed by atoms with Gasteiger partial charge in [0.2, 0.25) is 11.8 Å². The molecule has 26 heavy (non-hydrogen) atoms. The standard InChI is InChI=1S/C19H18N4O3/c1-13(21-11-15-8-5-9-20-10-15)16-17(24)22-19(26)23(18(16)25)12-14-6-3-2-4-7-14/h2-10,16H,11-12H2,1H3,(H,22,24,26). The monoisotopic (exact) mass is 350 g/mol. The summed E-state index contributed by atoms with van der Waals surface area (Å²) in [6.07, 6.45) is 3.33. The summed E-state index contributed by atoms with van der Waals surface area (Å²) in [6, 6.07) is 12.1. The lowest BCUT2D eigenvalue weighted by molar-refractivity contribution is -0.139. The number of barbiturate groups is 1. The van der Waals surface area contributed by atoms with Crippen molar-refractivity contribution in [2.45, 2.75) is 20.0 Å². The van der Waals surface area contributed by atoms with E-state index in [1.165, 1.54) is 0 Å². The van der Waals surface area contributed by atoms with Gasteiger partial charge in [-0.3, -0.25) is 29.8 Å². The number of carbonyl (C=O) groups excluding carboxylic acids is 3. The van der Waals surface area contributed by atoms with E-state index in [-0.39, 0.29) is 6.54 Å². The highest BCUT2D eigenvalue weighted by Gasteiger charge is 2.41. The quantitative estimate of drug-likeness (QED) is 0.659. The van der Waals surface area contributed by atoms with Crippen LogP contribution in [-0.2, 0) is 22.7 Å². The van der Waals surface area contributed by atoms with Crippen molar-refractivity contribution in [1.29, 1.82) is 0 Å². The van der Waals surface area contributed by atoms with Gasteiger partial charge in [-0.15, -0.1) is 0 Å². The maximum Gasteiger partial charge on any atom is 0.331 e. The number of aromatic nitrogens is 1. The SMILES string of the molecule is CC(=NCc1cccnc1)C1C(=O)NC(=O)N(Cc2ccccc2)C1=O. The number of nitrogens with zero attached hydrogens (tertiary/aromatic N) is 3. The molecule has 0 spiro atoms. The first-order chi connectivity index (χ1) is 12.6. The smallest absolute Gasteiger partial charge is 0.288 e. The van der Waals surface area contributed by atoms with Crippen molar-refractivity contribution in [3.63, 3.8) is 0 Å². The Morgan fingerprint density at radius 1 is 1.12 bits per heavy atom. The largest absolute Gasteiger partial charge is 0.331 e. The molecule has 1 saturated heterocycles. The van der Waals surface area contributed by atoms with E-state index < -0.39 is 23.8 Å². The van der Waals surface area contributed by atoms with Gasteiger partial charge in [-0.05, 0) is 24.1 Å². The summed E-state index contributed by atoms with van der Waals surface area (Å²) < 4.78 is 0. The molecule has 0 radical (unpaired) electrons. The first kappa shape index (κ1) is 17.5. The van der Waals surface area contributed by atoms with Gasteiger partial charge in [0.15, 0.2) is 5.92 Å². The number of benzene rings is 1. The molecule has 132 valence electrons. The molecule has 1 atom stereocenters. The number of amides is 4. The molecule has 1 aromatic heterocycles. The van der Waals surface area contributed by atoms with Crippen molar-refractivity contribution in [1.82, 2.24) is 15.2 Å². The van der Waals surface area contributed by atoms with Gasteiger partial charge < -0.3 is 0 Å². The maximum absolute atomic E-state index is 12.8. The highest BCUT2D eigenvalue weighted by Crippen LogP contribution is 2.16. The number of imide groups is 2. The molecule has 0 aliphatic carbocycles. The van der Waals surface area contributed by atoms with E-state index in [1.807, 2.05) is 36.4 Å². The van der Waals surface area contributed by atoms with Gasteiger partial charge in [-0.1, -0.05) is 36.4 Å². The number of pyridine rings is 1. The average Bonchev–Trinajstić information content (AvgIpc) is 2.65. The van der Waals surface area contributed by atoms with Gasteiger partial charge >= 0.3 is 6.03 Å². The van der Waals surface area contributed by atoms with Crippen LogP contribution in [0.2, 0.25) is 0 Å². The summed E-state index contributed by atoms with van der Waals surface area (Å²) >= 11 is 0. The maximum atomic E-state index is 12.8. The van der Waals surface area contributed by atoms with Crippen LogP contribution >= 0.6 is 0 Å². The van der Waals surface area contributed by atoms with Gasteiger partial charge in [0.25, 0.3) is 0 Å². The molecule has 1 aromatic carbocycles. The fourth-order valence-electron chi connectivity index (χ4n) is 2.70. The molecule has 1 aliphatic heterocycles. The molecule has 3 rings (SSSR count). The number of nitrogens with one attached hydrogen (secondary N) is 1. The van der Waals surface area contributed by atoms with Crippen molar-refractivity contribution in [3.8, 4) is 0 Å². The Labute approximate surface area is 150 Å². The second kappa shape index (κ2) is 7.69. The molecule has 0 bridgehead atoms. The summed E-state index contributed by atoms with van der Waals surface area (Å²) in [6.45, 7) is 2.03. The van der Waals surface area contributed by atoms with Gasteiger partial charge in [-0.25, -0.2) is 4.79 Å². The third kappa shape index (κ3) is 3.83. The molecule has 7 nitrogen and oxygen atoms in total. The van der Waals surface area contributed by atoms with Crippen LogP contribution in [0.15, 0.2) is 59.9 Å². The lowest BCUT2D eigenvalue weighted by atomic mass is 9.99. The fourth-order valence-corrected chi connectivity index (χ4v) is 2.70. The van der Waals surface area contributed by atoms with Crippen LogP contribution in [0.25, 0.3) is 0 Å². The van der Waals surface area contributed by atoms with Crippen molar-refractivity contribution < 1.29 is 14.4 Å². The van der Waals surface area contributed by atoms with E-state index in [0.29, 0.717) is 12.3 Å². The van der Waals surface area contributed by atoms with Crippen molar-refractivity contribution in [2.24, 2.45) is 10.9 Å². The first-order valence-corrected chi connectivity index (χ1v) is 8.16. The second-order valence-corrected chi connectivity index (χ2v) is 5.96. The molecule has 2 heterocycles. The van der Waals surface area contributed by atoms with Crippen LogP contribution in [-0.4, -0.2) is 33.4 Å². The number of hydrogen-bond donors (Lipinski definition) is 1. The van der Waals surface area contributed by atoms with Gasteiger partial charge in [0, 0.05) is 18.1 Å². The van der Waals surface area contributed by atoms with Gasteiger partial charge in [0.05, 0.1) is 13.1 Å². The highest BCUT2D eigenvalue weighted by molar-refractivity contribution is 6.27. The minimum atomic E-state index is -1.10. The highest BCUT2D eigenvalue weighted by atomic mass is 16.2. The first-order valence-electron chi connectivity index (χ1n) is 8.16. The molecule has 1 aliphatic rings. The average molecular weight is 350 g/mol. The van der Waals surface area contributed by atoms with Crippen LogP contribution in [0.3, 0.4) is 0 Å². The third-order valence-corrected chi connectivity index (χ3v) is 4.09. The molecule has 7 heteroatoms. The molecule has 0 saturated carbocycles. The molecule has 1 unspecified atom stereocenters. The Hall–Kier alpha value is -3.35. The number of hydrogen-bond acceptors (Lipinski definition) is 5. The minimum Gasteiger partial charge on any atom is -0.288 e. The summed E-state index contributed by atoms with van der Waals surface area (Å²) in [5, 5.41) is 2.24. The molecular weight excluding hydrogens is 332 g/mol.